The quantitative estimate of drug-likeness (QED) is 0.732. The van der Waals surface area contributed by atoms with Gasteiger partial charge in [-0.3, -0.25) is 9.89 Å². The topological polar surface area (TPSA) is 79.0 Å². The molecule has 0 unspecified atom stereocenters. The van der Waals surface area contributed by atoms with E-state index in [9.17, 15) is 18.0 Å². The van der Waals surface area contributed by atoms with Gasteiger partial charge in [0.15, 0.2) is 12.3 Å². The Hall–Kier alpha value is -2.26. The lowest BCUT2D eigenvalue weighted by Crippen LogP contribution is -2.28. The Kier molecular flexibility index (Phi) is 6.49. The van der Waals surface area contributed by atoms with Gasteiger partial charge in [-0.05, 0) is 6.07 Å². The number of fused-ring (bicyclic) bond motifs is 1. The van der Waals surface area contributed by atoms with E-state index in [0.717, 1.165) is 24.2 Å². The largest absolute Gasteiger partial charge is 0.484 e. The fourth-order valence-corrected chi connectivity index (χ4v) is 2.62. The highest BCUT2D eigenvalue weighted by molar-refractivity contribution is 5.94. The summed E-state index contributed by atoms with van der Waals surface area (Å²) in [7, 11) is 0. The summed E-state index contributed by atoms with van der Waals surface area (Å²) in [4.78, 5) is 12.3. The first kappa shape index (κ1) is 20.1. The van der Waals surface area contributed by atoms with E-state index in [-0.39, 0.29) is 30.6 Å². The maximum Gasteiger partial charge on any atom is 0.422 e. The lowest BCUT2D eigenvalue weighted by molar-refractivity contribution is -0.153. The lowest BCUT2D eigenvalue weighted by Gasteiger charge is -2.14. The molecule has 10 heteroatoms. The molecule has 0 atom stereocenters. The highest BCUT2D eigenvalue weighted by Gasteiger charge is 2.29. The van der Waals surface area contributed by atoms with Gasteiger partial charge in [-0.15, -0.1) is 12.4 Å². The van der Waals surface area contributed by atoms with Gasteiger partial charge < -0.3 is 15.4 Å². The number of amides is 1. The van der Waals surface area contributed by atoms with Crippen LogP contribution in [-0.4, -0.2) is 35.4 Å². The van der Waals surface area contributed by atoms with Gasteiger partial charge in [0, 0.05) is 42.9 Å². The first-order chi connectivity index (χ1) is 11.9. The number of alkyl halides is 3. The predicted molar refractivity (Wildman–Crippen MR) is 90.4 cm³/mol. The highest BCUT2D eigenvalue weighted by atomic mass is 35.5. The third-order valence-electron chi connectivity index (χ3n) is 3.82. The Morgan fingerprint density at radius 1 is 1.31 bits per heavy atom. The first-order valence-electron chi connectivity index (χ1n) is 7.76. The molecule has 1 aromatic heterocycles. The molecule has 0 spiro atoms. The number of hydrogen-bond donors (Lipinski definition) is 3. The Morgan fingerprint density at radius 2 is 2.08 bits per heavy atom. The number of hydrogen-bond acceptors (Lipinski definition) is 4. The van der Waals surface area contributed by atoms with Gasteiger partial charge in [-0.2, -0.15) is 18.3 Å². The molecule has 2 heterocycles. The lowest BCUT2D eigenvalue weighted by atomic mass is 10.1. The monoisotopic (exact) mass is 390 g/mol. The van der Waals surface area contributed by atoms with Crippen LogP contribution in [0, 0.1) is 0 Å². The van der Waals surface area contributed by atoms with Crippen molar-refractivity contribution in [3.63, 3.8) is 0 Å². The summed E-state index contributed by atoms with van der Waals surface area (Å²) < 4.78 is 41.8. The van der Waals surface area contributed by atoms with E-state index in [0.29, 0.717) is 17.8 Å². The Bertz CT molecular complexity index is 764. The average Bonchev–Trinajstić information content (AvgIpc) is 3.02. The van der Waals surface area contributed by atoms with Crippen LogP contribution in [0.5, 0.6) is 5.75 Å². The Balaban J connectivity index is 0.00000243. The number of aromatic amines is 1. The van der Waals surface area contributed by atoms with Crippen LogP contribution in [0.3, 0.4) is 0 Å². The number of ether oxygens (including phenoxy) is 1. The third kappa shape index (κ3) is 4.89. The van der Waals surface area contributed by atoms with Crippen LogP contribution in [0.1, 0.15) is 27.3 Å². The molecule has 2 aromatic rings. The third-order valence-corrected chi connectivity index (χ3v) is 3.82. The smallest absolute Gasteiger partial charge is 0.422 e. The van der Waals surface area contributed by atoms with E-state index >= 15 is 0 Å². The van der Waals surface area contributed by atoms with E-state index in [2.05, 4.69) is 20.8 Å². The number of nitrogens with one attached hydrogen (secondary N) is 3. The molecule has 0 bridgehead atoms. The van der Waals surface area contributed by atoms with E-state index < -0.39 is 12.8 Å². The van der Waals surface area contributed by atoms with Crippen LogP contribution in [0.2, 0.25) is 0 Å². The van der Waals surface area contributed by atoms with Gasteiger partial charge in [-0.1, -0.05) is 18.2 Å². The Morgan fingerprint density at radius 3 is 2.85 bits per heavy atom. The molecule has 1 aliphatic heterocycles. The number of aromatic nitrogens is 2. The summed E-state index contributed by atoms with van der Waals surface area (Å²) in [6.45, 7) is 0.0401. The number of carbonyl (C=O) groups excluding carboxylic acids is 1. The second-order valence-corrected chi connectivity index (χ2v) is 5.65. The molecule has 1 amide bonds. The minimum absolute atomic E-state index is 0. The zero-order valence-electron chi connectivity index (χ0n) is 13.7. The van der Waals surface area contributed by atoms with Gasteiger partial charge in [0.2, 0.25) is 0 Å². The van der Waals surface area contributed by atoms with E-state index in [1.54, 1.807) is 18.2 Å². The van der Waals surface area contributed by atoms with Gasteiger partial charge in [-0.25, -0.2) is 0 Å². The molecule has 0 fully saturated rings. The molecular weight excluding hydrogens is 373 g/mol. The van der Waals surface area contributed by atoms with E-state index in [4.69, 9.17) is 4.74 Å². The molecular formula is C16H18ClF3N4O2. The second-order valence-electron chi connectivity index (χ2n) is 5.65. The van der Waals surface area contributed by atoms with Crippen LogP contribution < -0.4 is 15.4 Å². The van der Waals surface area contributed by atoms with Crippen molar-refractivity contribution < 1.29 is 22.7 Å². The van der Waals surface area contributed by atoms with E-state index in [1.165, 1.54) is 6.07 Å². The van der Waals surface area contributed by atoms with Crippen LogP contribution >= 0.6 is 12.4 Å². The van der Waals surface area contributed by atoms with Crippen molar-refractivity contribution in [2.75, 3.05) is 13.2 Å². The Labute approximate surface area is 153 Å². The van der Waals surface area contributed by atoms with Crippen LogP contribution in [0.4, 0.5) is 13.2 Å². The normalized spacial score (nSPS) is 13.5. The molecule has 1 aromatic carbocycles. The summed E-state index contributed by atoms with van der Waals surface area (Å²) >= 11 is 0. The van der Waals surface area contributed by atoms with Crippen molar-refractivity contribution in [2.24, 2.45) is 0 Å². The van der Waals surface area contributed by atoms with Gasteiger partial charge in [0.1, 0.15) is 5.75 Å². The summed E-state index contributed by atoms with van der Waals surface area (Å²) in [5.74, 6) is -0.294. The number of halogens is 4. The molecule has 1 aliphatic rings. The van der Waals surface area contributed by atoms with E-state index in [1.807, 2.05) is 0 Å². The van der Waals surface area contributed by atoms with Crippen molar-refractivity contribution in [1.82, 2.24) is 20.8 Å². The average molecular weight is 391 g/mol. The summed E-state index contributed by atoms with van der Waals surface area (Å²) in [5.41, 5.74) is 2.52. The van der Waals surface area contributed by atoms with Crippen LogP contribution in [0.15, 0.2) is 24.3 Å². The standard InChI is InChI=1S/C16H17F3N4O2.ClH/c17-16(18,19)9-25-13-4-2-1-3-10(13)7-21-15(24)14-11-8-20-6-5-12(11)22-23-14;/h1-4,20H,5-9H2,(H,21,24)(H,22,23);1H. The van der Waals surface area contributed by atoms with Crippen molar-refractivity contribution in [2.45, 2.75) is 25.7 Å². The van der Waals surface area contributed by atoms with Crippen LogP contribution in [0.25, 0.3) is 0 Å². The number of carbonyl (C=O) groups is 1. The molecule has 0 aliphatic carbocycles. The minimum atomic E-state index is -4.42. The SMILES string of the molecule is Cl.O=C(NCc1ccccc1OCC(F)(F)F)c1n[nH]c2c1CNCC2. The zero-order chi connectivity index (χ0) is 17.9. The highest BCUT2D eigenvalue weighted by Crippen LogP contribution is 2.22. The number of benzene rings is 1. The zero-order valence-corrected chi connectivity index (χ0v) is 14.5. The molecule has 0 saturated carbocycles. The molecule has 6 nitrogen and oxygen atoms in total. The van der Waals surface area contributed by atoms with Crippen molar-refractivity contribution >= 4 is 18.3 Å². The fourth-order valence-electron chi connectivity index (χ4n) is 2.62. The second kappa shape index (κ2) is 8.41. The molecule has 0 saturated heterocycles. The molecule has 0 radical (unpaired) electrons. The summed E-state index contributed by atoms with van der Waals surface area (Å²) in [6, 6.07) is 6.29. The maximum absolute atomic E-state index is 12.3. The number of nitrogens with zero attached hydrogens (tertiary/aromatic N) is 1. The van der Waals surface area contributed by atoms with Crippen molar-refractivity contribution in [3.8, 4) is 5.75 Å². The molecule has 142 valence electrons. The van der Waals surface area contributed by atoms with Gasteiger partial charge >= 0.3 is 6.18 Å². The summed E-state index contributed by atoms with van der Waals surface area (Å²) in [6.07, 6.45) is -3.65. The van der Waals surface area contributed by atoms with Crippen LogP contribution in [-0.2, 0) is 19.5 Å². The minimum Gasteiger partial charge on any atom is -0.484 e. The maximum atomic E-state index is 12.3. The van der Waals surface area contributed by atoms with Gasteiger partial charge in [0.25, 0.3) is 5.91 Å². The predicted octanol–water partition coefficient (Wildman–Crippen LogP) is 2.35. The number of rotatable bonds is 5. The van der Waals surface area contributed by atoms with Crippen molar-refractivity contribution in [1.29, 1.82) is 0 Å². The summed E-state index contributed by atoms with van der Waals surface area (Å²) in [5, 5.41) is 12.7. The molecule has 26 heavy (non-hydrogen) atoms. The van der Waals surface area contributed by atoms with Gasteiger partial charge in [0.05, 0.1) is 0 Å². The fraction of sp³-hybridized carbons (Fsp3) is 0.375. The molecule has 3 N–H and O–H groups in total. The molecule has 3 rings (SSSR count). The first-order valence-corrected chi connectivity index (χ1v) is 7.76. The number of H-pyrrole nitrogens is 1. The number of para-hydroxylation sites is 1. The van der Waals surface area contributed by atoms with Crippen molar-refractivity contribution in [3.05, 3.63) is 46.8 Å².